The van der Waals surface area contributed by atoms with Gasteiger partial charge < -0.3 is 9.73 Å². The van der Waals surface area contributed by atoms with E-state index in [2.05, 4.69) is 31.4 Å². The summed E-state index contributed by atoms with van der Waals surface area (Å²) in [4.78, 5) is 12.3. The highest BCUT2D eigenvalue weighted by atomic mass is 79.9. The Hall–Kier alpha value is -2.15. The molecule has 0 spiro atoms. The van der Waals surface area contributed by atoms with E-state index in [0.29, 0.717) is 10.5 Å². The number of rotatable bonds is 4. The SMILES string of the molecule is CC(C)[C@@H](NC(=O)c1ccc(Br)o1)c1nnc2ccccn12. The summed E-state index contributed by atoms with van der Waals surface area (Å²) in [6, 6.07) is 8.72. The molecular weight excluding hydrogens is 348 g/mol. The van der Waals surface area contributed by atoms with Gasteiger partial charge in [-0.05, 0) is 46.1 Å². The van der Waals surface area contributed by atoms with Gasteiger partial charge in [-0.3, -0.25) is 9.20 Å². The average Bonchev–Trinajstić information content (AvgIpc) is 3.10. The van der Waals surface area contributed by atoms with Gasteiger partial charge in [0.25, 0.3) is 5.91 Å². The van der Waals surface area contributed by atoms with Crippen molar-refractivity contribution in [2.75, 3.05) is 0 Å². The van der Waals surface area contributed by atoms with Gasteiger partial charge in [-0.15, -0.1) is 10.2 Å². The Morgan fingerprint density at radius 1 is 1.27 bits per heavy atom. The fraction of sp³-hybridized carbons (Fsp3) is 0.267. The molecule has 0 saturated carbocycles. The topological polar surface area (TPSA) is 72.4 Å². The van der Waals surface area contributed by atoms with Crippen LogP contribution in [0.5, 0.6) is 0 Å². The van der Waals surface area contributed by atoms with Gasteiger partial charge in [0.2, 0.25) is 0 Å². The quantitative estimate of drug-likeness (QED) is 0.773. The summed E-state index contributed by atoms with van der Waals surface area (Å²) in [5.41, 5.74) is 0.748. The Bertz CT molecular complexity index is 809. The fourth-order valence-electron chi connectivity index (χ4n) is 2.25. The molecule has 0 saturated heterocycles. The third kappa shape index (κ3) is 2.76. The fourth-order valence-corrected chi connectivity index (χ4v) is 2.56. The lowest BCUT2D eigenvalue weighted by Crippen LogP contribution is -2.32. The lowest BCUT2D eigenvalue weighted by atomic mass is 10.0. The van der Waals surface area contributed by atoms with E-state index in [1.165, 1.54) is 0 Å². The Labute approximate surface area is 135 Å². The van der Waals surface area contributed by atoms with E-state index >= 15 is 0 Å². The normalized spacial score (nSPS) is 12.7. The Kier molecular flexibility index (Phi) is 3.98. The van der Waals surface area contributed by atoms with Crippen LogP contribution >= 0.6 is 15.9 Å². The summed E-state index contributed by atoms with van der Waals surface area (Å²) in [5, 5.41) is 11.3. The van der Waals surface area contributed by atoms with Crippen molar-refractivity contribution in [1.82, 2.24) is 19.9 Å². The molecule has 114 valence electrons. The number of aromatic nitrogens is 3. The first-order valence-electron chi connectivity index (χ1n) is 6.92. The van der Waals surface area contributed by atoms with E-state index in [4.69, 9.17) is 4.42 Å². The predicted octanol–water partition coefficient (Wildman–Crippen LogP) is 3.21. The van der Waals surface area contributed by atoms with Gasteiger partial charge in [0.1, 0.15) is 0 Å². The summed E-state index contributed by atoms with van der Waals surface area (Å²) in [6.45, 7) is 4.04. The van der Waals surface area contributed by atoms with E-state index in [1.54, 1.807) is 12.1 Å². The van der Waals surface area contributed by atoms with Gasteiger partial charge in [0.05, 0.1) is 6.04 Å². The van der Waals surface area contributed by atoms with Crippen molar-refractivity contribution >= 4 is 27.5 Å². The van der Waals surface area contributed by atoms with Crippen molar-refractivity contribution in [1.29, 1.82) is 0 Å². The van der Waals surface area contributed by atoms with Crippen LogP contribution in [0.1, 0.15) is 36.3 Å². The minimum absolute atomic E-state index is 0.148. The number of halogens is 1. The highest BCUT2D eigenvalue weighted by Crippen LogP contribution is 2.22. The summed E-state index contributed by atoms with van der Waals surface area (Å²) >= 11 is 3.19. The van der Waals surface area contributed by atoms with Gasteiger partial charge in [-0.1, -0.05) is 19.9 Å². The van der Waals surface area contributed by atoms with E-state index in [0.717, 1.165) is 5.65 Å². The monoisotopic (exact) mass is 362 g/mol. The number of pyridine rings is 1. The molecule has 0 aliphatic carbocycles. The van der Waals surface area contributed by atoms with Crippen LogP contribution in [-0.4, -0.2) is 20.5 Å². The third-order valence-electron chi connectivity index (χ3n) is 3.37. The maximum Gasteiger partial charge on any atom is 0.287 e. The van der Waals surface area contributed by atoms with Crippen LogP contribution in [0.2, 0.25) is 0 Å². The Balaban J connectivity index is 1.92. The van der Waals surface area contributed by atoms with E-state index in [1.807, 2.05) is 42.6 Å². The van der Waals surface area contributed by atoms with Crippen LogP contribution in [0.4, 0.5) is 0 Å². The van der Waals surface area contributed by atoms with E-state index in [9.17, 15) is 4.79 Å². The molecule has 0 aromatic carbocycles. The molecule has 0 fully saturated rings. The molecular formula is C15H15BrN4O2. The van der Waals surface area contributed by atoms with Gasteiger partial charge in [0.15, 0.2) is 21.9 Å². The zero-order valence-electron chi connectivity index (χ0n) is 12.2. The molecule has 1 N–H and O–H groups in total. The summed E-state index contributed by atoms with van der Waals surface area (Å²) in [6.07, 6.45) is 1.88. The number of nitrogens with one attached hydrogen (secondary N) is 1. The smallest absolute Gasteiger partial charge is 0.287 e. The van der Waals surface area contributed by atoms with Gasteiger partial charge in [0, 0.05) is 6.20 Å². The Morgan fingerprint density at radius 2 is 2.09 bits per heavy atom. The number of hydrogen-bond donors (Lipinski definition) is 1. The van der Waals surface area contributed by atoms with Crippen molar-refractivity contribution in [3.05, 3.63) is 52.8 Å². The maximum atomic E-state index is 12.3. The van der Waals surface area contributed by atoms with Crippen LogP contribution in [0, 0.1) is 5.92 Å². The molecule has 0 aliphatic heterocycles. The van der Waals surface area contributed by atoms with Crippen LogP contribution in [0.3, 0.4) is 0 Å². The minimum Gasteiger partial charge on any atom is -0.444 e. The van der Waals surface area contributed by atoms with E-state index < -0.39 is 0 Å². The lowest BCUT2D eigenvalue weighted by Gasteiger charge is -2.20. The molecule has 0 unspecified atom stereocenters. The van der Waals surface area contributed by atoms with Crippen molar-refractivity contribution in [3.63, 3.8) is 0 Å². The van der Waals surface area contributed by atoms with Gasteiger partial charge >= 0.3 is 0 Å². The highest BCUT2D eigenvalue weighted by Gasteiger charge is 2.25. The molecule has 3 rings (SSSR count). The molecule has 7 heteroatoms. The predicted molar refractivity (Wildman–Crippen MR) is 84.4 cm³/mol. The molecule has 22 heavy (non-hydrogen) atoms. The average molecular weight is 363 g/mol. The van der Waals surface area contributed by atoms with Gasteiger partial charge in [-0.2, -0.15) is 0 Å². The second-order valence-electron chi connectivity index (χ2n) is 5.29. The standard InChI is InChI=1S/C15H15BrN4O2/c1-9(2)13(17-15(21)10-6-7-11(16)22-10)14-19-18-12-5-3-4-8-20(12)14/h3-9,13H,1-2H3,(H,17,21)/t13-/m1/s1. The van der Waals surface area contributed by atoms with E-state index in [-0.39, 0.29) is 23.6 Å². The third-order valence-corrected chi connectivity index (χ3v) is 3.79. The highest BCUT2D eigenvalue weighted by molar-refractivity contribution is 9.10. The van der Waals surface area contributed by atoms with Crippen LogP contribution in [-0.2, 0) is 0 Å². The lowest BCUT2D eigenvalue weighted by molar-refractivity contribution is 0.0893. The number of furan rings is 1. The minimum atomic E-state index is -0.280. The van der Waals surface area contributed by atoms with Crippen molar-refractivity contribution in [2.45, 2.75) is 19.9 Å². The summed E-state index contributed by atoms with van der Waals surface area (Å²) in [7, 11) is 0. The maximum absolute atomic E-state index is 12.3. The molecule has 1 amide bonds. The zero-order chi connectivity index (χ0) is 15.7. The number of hydrogen-bond acceptors (Lipinski definition) is 4. The summed E-state index contributed by atoms with van der Waals surface area (Å²) < 4.78 is 7.69. The molecule has 3 heterocycles. The molecule has 6 nitrogen and oxygen atoms in total. The summed E-state index contributed by atoms with van der Waals surface area (Å²) in [5.74, 6) is 0.822. The second kappa shape index (κ2) is 5.92. The molecule has 3 aromatic heterocycles. The van der Waals surface area contributed by atoms with Crippen LogP contribution in [0.15, 0.2) is 45.6 Å². The zero-order valence-corrected chi connectivity index (χ0v) is 13.7. The number of carbonyl (C=O) groups is 1. The molecule has 0 radical (unpaired) electrons. The van der Waals surface area contributed by atoms with Crippen molar-refractivity contribution < 1.29 is 9.21 Å². The first-order chi connectivity index (χ1) is 10.6. The number of nitrogens with zero attached hydrogens (tertiary/aromatic N) is 3. The number of fused-ring (bicyclic) bond motifs is 1. The van der Waals surface area contributed by atoms with Crippen LogP contribution < -0.4 is 5.32 Å². The number of carbonyl (C=O) groups excluding carboxylic acids is 1. The number of amides is 1. The first kappa shape index (κ1) is 14.8. The van der Waals surface area contributed by atoms with Crippen LogP contribution in [0.25, 0.3) is 5.65 Å². The molecule has 0 aliphatic rings. The largest absolute Gasteiger partial charge is 0.444 e. The second-order valence-corrected chi connectivity index (χ2v) is 6.07. The van der Waals surface area contributed by atoms with Crippen molar-refractivity contribution in [2.24, 2.45) is 5.92 Å². The molecule has 1 atom stereocenters. The Morgan fingerprint density at radius 3 is 2.77 bits per heavy atom. The first-order valence-corrected chi connectivity index (χ1v) is 7.71. The van der Waals surface area contributed by atoms with Crippen molar-refractivity contribution in [3.8, 4) is 0 Å². The molecule has 0 bridgehead atoms. The van der Waals surface area contributed by atoms with Gasteiger partial charge in [-0.25, -0.2) is 0 Å². The molecule has 3 aromatic rings.